The van der Waals surface area contributed by atoms with Gasteiger partial charge in [-0.15, -0.1) is 0 Å². The van der Waals surface area contributed by atoms with Crippen LogP contribution < -0.4 is 0 Å². The number of hydrogen-bond donors (Lipinski definition) is 1. The summed E-state index contributed by atoms with van der Waals surface area (Å²) in [5.74, 6) is -2.67. The van der Waals surface area contributed by atoms with Crippen LogP contribution in [0.1, 0.15) is 33.6 Å². The Morgan fingerprint density at radius 3 is 2.46 bits per heavy atom. The zero-order valence-corrected chi connectivity index (χ0v) is 14.1. The first-order valence-electron chi connectivity index (χ1n) is 4.13. The summed E-state index contributed by atoms with van der Waals surface area (Å²) < 4.78 is 16.7. The Balaban J connectivity index is 0. The van der Waals surface area contributed by atoms with Gasteiger partial charge in [0.2, 0.25) is 0 Å². The van der Waals surface area contributed by atoms with Gasteiger partial charge in [-0.3, -0.25) is 4.57 Å². The number of hydrogen-bond acceptors (Lipinski definition) is 3. The molecule has 0 aromatic heterocycles. The first-order valence-corrected chi connectivity index (χ1v) is 8.40. The van der Waals surface area contributed by atoms with Crippen LogP contribution in [0.15, 0.2) is 0 Å². The number of rotatable bonds is 6. The summed E-state index contributed by atoms with van der Waals surface area (Å²) in [5.41, 5.74) is 0. The Bertz CT molecular complexity index is 167. The van der Waals surface area contributed by atoms with Crippen LogP contribution in [-0.4, -0.2) is 11.9 Å². The molecule has 0 amide bonds. The molecule has 0 aliphatic carbocycles. The van der Waals surface area contributed by atoms with E-state index in [1.165, 1.54) is 11.4 Å². The quantitative estimate of drug-likeness (QED) is 0.347. The zero-order chi connectivity index (χ0) is 9.61. The summed E-state index contributed by atoms with van der Waals surface area (Å²) in [6, 6.07) is 0. The molecule has 6 heteroatoms. The smallest absolute Gasteiger partial charge is 0.310 e. The Morgan fingerprint density at radius 1 is 1.54 bits per heavy atom. The fourth-order valence-electron chi connectivity index (χ4n) is 0.621. The predicted molar refractivity (Wildman–Crippen MR) is 60.2 cm³/mol. The average molecular weight is 294 g/mol. The van der Waals surface area contributed by atoms with Crippen molar-refractivity contribution in [1.29, 1.82) is 0 Å². The van der Waals surface area contributed by atoms with Gasteiger partial charge in [-0.25, -0.2) is 0 Å². The molecule has 76 valence electrons. The van der Waals surface area contributed by atoms with Crippen molar-refractivity contribution >= 4 is 29.4 Å². The molecule has 0 aliphatic rings. The summed E-state index contributed by atoms with van der Waals surface area (Å²) >= 11 is 5.30. The third-order valence-corrected chi connectivity index (χ3v) is 5.87. The predicted octanol–water partition coefficient (Wildman–Crippen LogP) is 3.98. The minimum absolute atomic E-state index is 0. The molecular formula is C7H17O2PS2Zn. The van der Waals surface area contributed by atoms with Crippen LogP contribution in [0, 0.1) is 0 Å². The van der Waals surface area contributed by atoms with Crippen LogP contribution in [0.4, 0.5) is 0 Å². The summed E-state index contributed by atoms with van der Waals surface area (Å²) in [6.45, 7) is 6.59. The summed E-state index contributed by atoms with van der Waals surface area (Å²) in [4.78, 5) is 0. The van der Waals surface area contributed by atoms with Gasteiger partial charge >= 0.3 is 5.77 Å². The molecule has 0 aliphatic heterocycles. The van der Waals surface area contributed by atoms with Crippen molar-refractivity contribution in [3.05, 3.63) is 0 Å². The van der Waals surface area contributed by atoms with Crippen LogP contribution in [-0.2, 0) is 28.6 Å². The second-order valence-corrected chi connectivity index (χ2v) is 9.62. The molecule has 0 heterocycles. The molecule has 1 atom stereocenters. The summed E-state index contributed by atoms with van der Waals surface area (Å²) in [7, 11) is 0. The maximum Gasteiger partial charge on any atom is 0.310 e. The average Bonchev–Trinajstić information content (AvgIpc) is 1.84. The Morgan fingerprint density at radius 2 is 2.08 bits per heavy atom. The second-order valence-electron chi connectivity index (χ2n) is 2.81. The molecule has 0 bridgehead atoms. The van der Waals surface area contributed by atoms with E-state index in [2.05, 4.69) is 19.2 Å². The Kier molecular flexibility index (Phi) is 11.4. The van der Waals surface area contributed by atoms with E-state index in [1.807, 2.05) is 13.8 Å². The zero-order valence-electron chi connectivity index (χ0n) is 8.52. The third-order valence-electron chi connectivity index (χ3n) is 1.10. The van der Waals surface area contributed by atoms with Gasteiger partial charge in [0, 0.05) is 24.7 Å². The van der Waals surface area contributed by atoms with Crippen molar-refractivity contribution in [2.75, 3.05) is 6.61 Å². The van der Waals surface area contributed by atoms with Gasteiger partial charge in [0.05, 0.1) is 6.61 Å². The number of thiol groups is 1. The van der Waals surface area contributed by atoms with Crippen molar-refractivity contribution in [1.82, 2.24) is 0 Å². The molecule has 0 saturated heterocycles. The summed E-state index contributed by atoms with van der Waals surface area (Å²) in [6.07, 6.45) is 2.00. The third kappa shape index (κ3) is 11.4. The molecule has 0 aromatic carbocycles. The molecule has 1 unspecified atom stereocenters. The minimum atomic E-state index is -2.67. The maximum atomic E-state index is 11.5. The van der Waals surface area contributed by atoms with Gasteiger partial charge < -0.3 is 4.52 Å². The molecular weight excluding hydrogens is 277 g/mol. The standard InChI is InChI=1S/C7H17O2PS2.Zn/c1-4-5-6-9-10(8,11)12-7(2)3;/h7H,4-6H2,1-3H3,(H,8,11);. The van der Waals surface area contributed by atoms with Crippen LogP contribution in [0.3, 0.4) is 0 Å². The Labute approximate surface area is 103 Å². The molecule has 0 aromatic rings. The topological polar surface area (TPSA) is 26.3 Å². The van der Waals surface area contributed by atoms with Gasteiger partial charge in [-0.2, -0.15) is 0 Å². The van der Waals surface area contributed by atoms with E-state index < -0.39 is 5.77 Å². The van der Waals surface area contributed by atoms with Gasteiger partial charge in [0.1, 0.15) is 0 Å². The van der Waals surface area contributed by atoms with Crippen LogP contribution in [0.5, 0.6) is 0 Å². The van der Waals surface area contributed by atoms with Crippen LogP contribution >= 0.6 is 29.4 Å². The van der Waals surface area contributed by atoms with Crippen molar-refractivity contribution < 1.29 is 28.6 Å². The molecule has 0 N–H and O–H groups in total. The SMILES string of the molecule is CCCCOP(=O)(S)SC(C)C.[Zn]. The first kappa shape index (κ1) is 16.9. The molecule has 0 saturated carbocycles. The van der Waals surface area contributed by atoms with Gasteiger partial charge in [0.15, 0.2) is 0 Å². The fourth-order valence-corrected chi connectivity index (χ4v) is 5.52. The largest absolute Gasteiger partial charge is 0.314 e. The van der Waals surface area contributed by atoms with E-state index in [0.29, 0.717) is 11.9 Å². The second kappa shape index (κ2) is 8.79. The van der Waals surface area contributed by atoms with Crippen molar-refractivity contribution in [2.45, 2.75) is 38.9 Å². The molecule has 0 spiro atoms. The monoisotopic (exact) mass is 292 g/mol. The van der Waals surface area contributed by atoms with Crippen LogP contribution in [0.25, 0.3) is 0 Å². The maximum absolute atomic E-state index is 11.5. The Hall–Kier alpha value is 1.51. The van der Waals surface area contributed by atoms with Gasteiger partial charge in [-0.1, -0.05) is 50.8 Å². The fraction of sp³-hybridized carbons (Fsp3) is 1.00. The van der Waals surface area contributed by atoms with Gasteiger partial charge in [0.25, 0.3) is 0 Å². The van der Waals surface area contributed by atoms with Crippen molar-refractivity contribution in [3.8, 4) is 0 Å². The number of unbranched alkanes of at least 4 members (excludes halogenated alkanes) is 1. The van der Waals surface area contributed by atoms with Crippen LogP contribution in [0.2, 0.25) is 0 Å². The van der Waals surface area contributed by atoms with E-state index in [9.17, 15) is 4.57 Å². The van der Waals surface area contributed by atoms with E-state index in [4.69, 9.17) is 4.52 Å². The first-order chi connectivity index (χ1) is 5.48. The van der Waals surface area contributed by atoms with Crippen molar-refractivity contribution in [3.63, 3.8) is 0 Å². The normalized spacial score (nSPS) is 15.2. The molecule has 0 radical (unpaired) electrons. The van der Waals surface area contributed by atoms with E-state index in [0.717, 1.165) is 12.8 Å². The molecule has 2 nitrogen and oxygen atoms in total. The minimum Gasteiger partial charge on any atom is -0.314 e. The molecule has 0 fully saturated rings. The van der Waals surface area contributed by atoms with Crippen molar-refractivity contribution in [2.24, 2.45) is 0 Å². The van der Waals surface area contributed by atoms with E-state index in [1.54, 1.807) is 0 Å². The van der Waals surface area contributed by atoms with Gasteiger partial charge in [-0.05, 0) is 6.42 Å². The molecule has 13 heavy (non-hydrogen) atoms. The van der Waals surface area contributed by atoms with E-state index in [-0.39, 0.29) is 19.5 Å². The summed E-state index contributed by atoms with van der Waals surface area (Å²) in [5, 5.41) is 0.301. The van der Waals surface area contributed by atoms with E-state index >= 15 is 0 Å². The molecule has 0 rings (SSSR count).